The molecule has 1 aliphatic heterocycles. The average Bonchev–Trinajstić information content (AvgIpc) is 2.82. The zero-order chi connectivity index (χ0) is 21.3. The van der Waals surface area contributed by atoms with Gasteiger partial charge in [-0.25, -0.2) is 14.8 Å². The van der Waals surface area contributed by atoms with Gasteiger partial charge in [0.1, 0.15) is 5.75 Å². The summed E-state index contributed by atoms with van der Waals surface area (Å²) < 4.78 is 5.39. The number of methoxy groups -OCH3 is 1. The topological polar surface area (TPSA) is 73.8 Å². The second kappa shape index (κ2) is 10.8. The Labute approximate surface area is 178 Å². The van der Waals surface area contributed by atoms with Gasteiger partial charge < -0.3 is 19.9 Å². The third-order valence-electron chi connectivity index (χ3n) is 5.58. The number of urea groups is 1. The lowest BCUT2D eigenvalue weighted by Crippen LogP contribution is -2.53. The molecule has 8 heteroatoms. The van der Waals surface area contributed by atoms with Crippen LogP contribution in [0.2, 0.25) is 0 Å². The number of ether oxygens (including phenoxy) is 1. The number of likely N-dealkylation sites (N-methyl/N-ethyl adjacent to an activating group) is 1. The fraction of sp³-hybridized carbons (Fsp3) is 0.500. The molecule has 1 aliphatic rings. The van der Waals surface area contributed by atoms with Gasteiger partial charge in [0.25, 0.3) is 0 Å². The van der Waals surface area contributed by atoms with Crippen molar-refractivity contribution in [1.29, 1.82) is 0 Å². The molecule has 0 radical (unpaired) electrons. The predicted molar refractivity (Wildman–Crippen MR) is 118 cm³/mol. The first kappa shape index (κ1) is 21.8. The highest BCUT2D eigenvalue weighted by molar-refractivity contribution is 5.74. The summed E-state index contributed by atoms with van der Waals surface area (Å²) in [5, 5.41) is 3.15. The maximum atomic E-state index is 12.8. The Hall–Kier alpha value is -2.87. The summed E-state index contributed by atoms with van der Waals surface area (Å²) in [6, 6.07) is 9.96. The number of hydrogen-bond donors (Lipinski definition) is 1. The average molecular weight is 413 g/mol. The lowest BCUT2D eigenvalue weighted by molar-refractivity contribution is 0.180. The highest BCUT2D eigenvalue weighted by Crippen LogP contribution is 2.24. The first-order valence-electron chi connectivity index (χ1n) is 10.6. The number of carbonyl (C=O) groups excluding carboxylic acids is 1. The van der Waals surface area contributed by atoms with Gasteiger partial charge in [-0.05, 0) is 36.9 Å². The number of benzene rings is 1. The van der Waals surface area contributed by atoms with Crippen LogP contribution in [-0.2, 0) is 0 Å². The van der Waals surface area contributed by atoms with E-state index in [0.29, 0.717) is 19.6 Å². The van der Waals surface area contributed by atoms with Gasteiger partial charge in [0.15, 0.2) is 0 Å². The Morgan fingerprint density at radius 2 is 1.83 bits per heavy atom. The number of piperazine rings is 1. The summed E-state index contributed by atoms with van der Waals surface area (Å²) in [6.07, 6.45) is 3.49. The molecule has 2 amide bonds. The largest absolute Gasteiger partial charge is 0.497 e. The van der Waals surface area contributed by atoms with E-state index in [9.17, 15) is 4.79 Å². The highest BCUT2D eigenvalue weighted by Gasteiger charge is 2.24. The minimum Gasteiger partial charge on any atom is -0.497 e. The van der Waals surface area contributed by atoms with Crippen LogP contribution in [0.25, 0.3) is 0 Å². The van der Waals surface area contributed by atoms with E-state index in [1.54, 1.807) is 19.5 Å². The highest BCUT2D eigenvalue weighted by atomic mass is 16.5. The van der Waals surface area contributed by atoms with Crippen molar-refractivity contribution >= 4 is 12.0 Å². The van der Waals surface area contributed by atoms with Crippen LogP contribution in [0.15, 0.2) is 42.7 Å². The molecule has 1 saturated heterocycles. The van der Waals surface area contributed by atoms with E-state index in [0.717, 1.165) is 43.4 Å². The molecule has 1 unspecified atom stereocenters. The van der Waals surface area contributed by atoms with Crippen LogP contribution < -0.4 is 15.0 Å². The normalized spacial score (nSPS) is 15.2. The lowest BCUT2D eigenvalue weighted by atomic mass is 10.0. The molecule has 3 rings (SSSR count). The Bertz CT molecular complexity index is 791. The number of hydrogen-bond acceptors (Lipinski definition) is 6. The standard InChI is InChI=1S/C22H32N6O2/c1-4-26(5-2)20(18-8-6-9-19(16-18)30-3)17-25-22(29)28-14-12-27(13-15-28)21-23-10-7-11-24-21/h6-11,16,20H,4-5,12-15,17H2,1-3H3,(H,25,29). The van der Waals surface area contributed by atoms with Gasteiger partial charge in [0.2, 0.25) is 5.95 Å². The molecular weight excluding hydrogens is 380 g/mol. The fourth-order valence-electron chi connectivity index (χ4n) is 3.83. The van der Waals surface area contributed by atoms with Gasteiger partial charge >= 0.3 is 6.03 Å². The quantitative estimate of drug-likeness (QED) is 0.718. The van der Waals surface area contributed by atoms with E-state index < -0.39 is 0 Å². The van der Waals surface area contributed by atoms with Crippen LogP contribution in [0.3, 0.4) is 0 Å². The van der Waals surface area contributed by atoms with Crippen molar-refractivity contribution in [3.63, 3.8) is 0 Å². The molecule has 0 bridgehead atoms. The first-order valence-corrected chi connectivity index (χ1v) is 10.6. The fourth-order valence-corrected chi connectivity index (χ4v) is 3.83. The van der Waals surface area contributed by atoms with Crippen molar-refractivity contribution in [2.75, 3.05) is 57.8 Å². The van der Waals surface area contributed by atoms with Crippen LogP contribution in [-0.4, -0.2) is 78.7 Å². The third kappa shape index (κ3) is 5.38. The molecular formula is C22H32N6O2. The Morgan fingerprint density at radius 3 is 2.47 bits per heavy atom. The molecule has 162 valence electrons. The van der Waals surface area contributed by atoms with E-state index in [-0.39, 0.29) is 12.1 Å². The summed E-state index contributed by atoms with van der Waals surface area (Å²) in [6.45, 7) is 9.41. The molecule has 1 N–H and O–H groups in total. The zero-order valence-corrected chi connectivity index (χ0v) is 18.1. The van der Waals surface area contributed by atoms with E-state index in [2.05, 4.69) is 45.0 Å². The summed E-state index contributed by atoms with van der Waals surface area (Å²) in [4.78, 5) is 27.7. The van der Waals surface area contributed by atoms with Gasteiger partial charge in [-0.3, -0.25) is 4.90 Å². The van der Waals surface area contributed by atoms with Crippen LogP contribution in [0.4, 0.5) is 10.7 Å². The molecule has 1 fully saturated rings. The minimum atomic E-state index is -0.0244. The summed E-state index contributed by atoms with van der Waals surface area (Å²) in [5.74, 6) is 1.55. The Kier molecular flexibility index (Phi) is 7.84. The Balaban J connectivity index is 1.59. The Morgan fingerprint density at radius 1 is 1.13 bits per heavy atom. The van der Waals surface area contributed by atoms with E-state index >= 15 is 0 Å². The maximum absolute atomic E-state index is 12.8. The molecule has 0 spiro atoms. The lowest BCUT2D eigenvalue weighted by Gasteiger charge is -2.35. The summed E-state index contributed by atoms with van der Waals surface area (Å²) in [5.41, 5.74) is 1.14. The van der Waals surface area contributed by atoms with E-state index in [1.165, 1.54) is 0 Å². The molecule has 0 saturated carbocycles. The second-order valence-electron chi connectivity index (χ2n) is 7.22. The molecule has 8 nitrogen and oxygen atoms in total. The van der Waals surface area contributed by atoms with Crippen molar-refractivity contribution in [2.45, 2.75) is 19.9 Å². The van der Waals surface area contributed by atoms with Crippen LogP contribution in [0.1, 0.15) is 25.5 Å². The number of nitrogens with one attached hydrogen (secondary N) is 1. The molecule has 30 heavy (non-hydrogen) atoms. The number of nitrogens with zero attached hydrogens (tertiary/aromatic N) is 5. The van der Waals surface area contributed by atoms with Gasteiger partial charge in [-0.15, -0.1) is 0 Å². The van der Waals surface area contributed by atoms with Crippen molar-refractivity contribution < 1.29 is 9.53 Å². The minimum absolute atomic E-state index is 0.0244. The van der Waals surface area contributed by atoms with Gasteiger partial charge in [0, 0.05) is 45.1 Å². The summed E-state index contributed by atoms with van der Waals surface area (Å²) in [7, 11) is 1.67. The smallest absolute Gasteiger partial charge is 0.317 e. The van der Waals surface area contributed by atoms with Gasteiger partial charge in [0.05, 0.1) is 13.2 Å². The number of rotatable bonds is 8. The monoisotopic (exact) mass is 412 g/mol. The first-order chi connectivity index (χ1) is 14.7. The van der Waals surface area contributed by atoms with Crippen molar-refractivity contribution in [1.82, 2.24) is 25.1 Å². The van der Waals surface area contributed by atoms with Gasteiger partial charge in [-0.2, -0.15) is 0 Å². The number of aromatic nitrogens is 2. The molecule has 2 aromatic rings. The number of carbonyl (C=O) groups is 1. The van der Waals surface area contributed by atoms with Crippen molar-refractivity contribution in [2.24, 2.45) is 0 Å². The van der Waals surface area contributed by atoms with E-state index in [4.69, 9.17) is 4.74 Å². The van der Waals surface area contributed by atoms with Gasteiger partial charge in [-0.1, -0.05) is 26.0 Å². The molecule has 0 aliphatic carbocycles. The molecule has 1 aromatic carbocycles. The van der Waals surface area contributed by atoms with Crippen LogP contribution in [0.5, 0.6) is 5.75 Å². The maximum Gasteiger partial charge on any atom is 0.317 e. The molecule has 1 atom stereocenters. The zero-order valence-electron chi connectivity index (χ0n) is 18.1. The SMILES string of the molecule is CCN(CC)C(CNC(=O)N1CCN(c2ncccn2)CC1)c1cccc(OC)c1. The second-order valence-corrected chi connectivity index (χ2v) is 7.22. The molecule has 2 heterocycles. The van der Waals surface area contributed by atoms with Crippen molar-refractivity contribution in [3.05, 3.63) is 48.3 Å². The summed E-state index contributed by atoms with van der Waals surface area (Å²) >= 11 is 0. The van der Waals surface area contributed by atoms with Crippen LogP contribution in [0, 0.1) is 0 Å². The third-order valence-corrected chi connectivity index (χ3v) is 5.58. The number of anilines is 1. The predicted octanol–water partition coefficient (Wildman–Crippen LogP) is 2.40. The number of amides is 2. The van der Waals surface area contributed by atoms with Crippen molar-refractivity contribution in [3.8, 4) is 5.75 Å². The van der Waals surface area contributed by atoms with E-state index in [1.807, 2.05) is 29.2 Å². The van der Waals surface area contributed by atoms with Crippen LogP contribution >= 0.6 is 0 Å². The molecule has 1 aromatic heterocycles.